The predicted octanol–water partition coefficient (Wildman–Crippen LogP) is 6.09. The first-order chi connectivity index (χ1) is 19.5. The summed E-state index contributed by atoms with van der Waals surface area (Å²) >= 11 is 10.3. The Morgan fingerprint density at radius 2 is 1.75 bits per heavy atom. The zero-order valence-electron chi connectivity index (χ0n) is 23.2. The van der Waals surface area contributed by atoms with Crippen LogP contribution in [-0.4, -0.2) is 79.2 Å². The predicted molar refractivity (Wildman–Crippen MR) is 167 cm³/mol. The fourth-order valence-corrected chi connectivity index (χ4v) is 6.86. The molecule has 0 unspecified atom stereocenters. The van der Waals surface area contributed by atoms with Crippen molar-refractivity contribution in [3.05, 3.63) is 57.2 Å². The topological polar surface area (TPSA) is 68.8 Å². The Labute approximate surface area is 250 Å². The van der Waals surface area contributed by atoms with Crippen LogP contribution in [0.5, 0.6) is 5.75 Å². The number of likely N-dealkylation sites (N-methyl/N-ethyl adjacent to an activating group) is 1. The number of aryl methyl sites for hydroxylation is 2. The zero-order chi connectivity index (χ0) is 27.6. The van der Waals surface area contributed by atoms with E-state index in [9.17, 15) is 0 Å². The number of nitrogens with zero attached hydrogens (tertiary/aromatic N) is 5. The second-order valence-electron chi connectivity index (χ2n) is 11.0. The molecule has 2 aliphatic heterocycles. The quantitative estimate of drug-likeness (QED) is 0.327. The molecule has 3 aromatic rings. The van der Waals surface area contributed by atoms with Gasteiger partial charge in [-0.3, -0.25) is 4.90 Å². The molecule has 0 bridgehead atoms. The van der Waals surface area contributed by atoms with Crippen LogP contribution in [0.15, 0.2) is 41.0 Å². The molecule has 3 aliphatic rings. The molecule has 0 spiro atoms. The standard InChI is InChI=1S/C30H37BrClN7O/c1-37-12-14-38(15-13-37)23-8-10-39(11-9-23)27-18-28(40-2)26(17-24(27)31)35-30-33-19-25(32)29(36-30)34-22-7-6-20-4-3-5-21(20)16-22/h6-7,16-19,23H,3-5,8-15H2,1-2H3,(H2,33,34,35,36). The van der Waals surface area contributed by atoms with Gasteiger partial charge in [0, 0.05) is 61.5 Å². The van der Waals surface area contributed by atoms with Crippen molar-refractivity contribution < 1.29 is 4.74 Å². The second kappa shape index (κ2) is 12.1. The monoisotopic (exact) mass is 625 g/mol. The number of nitrogens with one attached hydrogen (secondary N) is 2. The van der Waals surface area contributed by atoms with Gasteiger partial charge in [-0.15, -0.1) is 0 Å². The molecule has 1 aromatic heterocycles. The Balaban J connectivity index is 1.14. The van der Waals surface area contributed by atoms with Crippen LogP contribution in [-0.2, 0) is 12.8 Å². The van der Waals surface area contributed by atoms with Crippen molar-refractivity contribution in [2.45, 2.75) is 38.1 Å². The Morgan fingerprint density at radius 3 is 2.52 bits per heavy atom. The second-order valence-corrected chi connectivity index (χ2v) is 12.3. The molecule has 0 amide bonds. The Bertz CT molecular complexity index is 1360. The number of rotatable bonds is 7. The van der Waals surface area contributed by atoms with Crippen molar-refractivity contribution in [1.82, 2.24) is 19.8 Å². The summed E-state index contributed by atoms with van der Waals surface area (Å²) in [5, 5.41) is 7.18. The summed E-state index contributed by atoms with van der Waals surface area (Å²) in [6.07, 6.45) is 7.46. The number of fused-ring (bicyclic) bond motifs is 1. The Kier molecular flexibility index (Phi) is 8.35. The third-order valence-electron chi connectivity index (χ3n) is 8.48. The van der Waals surface area contributed by atoms with Crippen molar-refractivity contribution >= 4 is 56.4 Å². The highest BCUT2D eigenvalue weighted by Gasteiger charge is 2.28. The number of benzene rings is 2. The van der Waals surface area contributed by atoms with Gasteiger partial charge in [0.1, 0.15) is 10.8 Å². The van der Waals surface area contributed by atoms with Gasteiger partial charge >= 0.3 is 0 Å². The Hall–Kier alpha value is -2.59. The maximum absolute atomic E-state index is 6.47. The maximum atomic E-state index is 6.47. The first kappa shape index (κ1) is 27.6. The molecule has 6 rings (SSSR count). The SMILES string of the molecule is COc1cc(N2CCC(N3CCN(C)CC3)CC2)c(Br)cc1Nc1ncc(Cl)c(Nc2ccc3c(c2)CCC3)n1. The van der Waals surface area contributed by atoms with Gasteiger partial charge in [-0.25, -0.2) is 4.98 Å². The van der Waals surface area contributed by atoms with Crippen LogP contribution in [0.1, 0.15) is 30.4 Å². The van der Waals surface area contributed by atoms with Gasteiger partial charge in [0.25, 0.3) is 0 Å². The molecule has 2 saturated heterocycles. The van der Waals surface area contributed by atoms with Crippen LogP contribution in [0.4, 0.5) is 28.8 Å². The lowest BCUT2D eigenvalue weighted by molar-refractivity contribution is 0.0982. The highest BCUT2D eigenvalue weighted by Crippen LogP contribution is 2.39. The van der Waals surface area contributed by atoms with Crippen molar-refractivity contribution in [3.8, 4) is 5.75 Å². The van der Waals surface area contributed by atoms with Crippen molar-refractivity contribution in [1.29, 1.82) is 0 Å². The third-order valence-corrected chi connectivity index (χ3v) is 9.39. The number of hydrogen-bond donors (Lipinski definition) is 2. The van der Waals surface area contributed by atoms with Crippen LogP contribution in [0.25, 0.3) is 0 Å². The highest BCUT2D eigenvalue weighted by molar-refractivity contribution is 9.10. The lowest BCUT2D eigenvalue weighted by atomic mass is 10.0. The fraction of sp³-hybridized carbons (Fsp3) is 0.467. The van der Waals surface area contributed by atoms with Gasteiger partial charge in [-0.1, -0.05) is 17.7 Å². The number of aromatic nitrogens is 2. The largest absolute Gasteiger partial charge is 0.494 e. The molecular weight excluding hydrogens is 590 g/mol. The van der Waals surface area contributed by atoms with Crippen LogP contribution in [0.2, 0.25) is 5.02 Å². The summed E-state index contributed by atoms with van der Waals surface area (Å²) in [6.45, 7) is 6.75. The van der Waals surface area contributed by atoms with Gasteiger partial charge in [-0.05, 0) is 84.4 Å². The molecule has 3 heterocycles. The number of ether oxygens (including phenoxy) is 1. The van der Waals surface area contributed by atoms with Crippen molar-refractivity contribution in [3.63, 3.8) is 0 Å². The van der Waals surface area contributed by atoms with Crippen LogP contribution < -0.4 is 20.3 Å². The van der Waals surface area contributed by atoms with Crippen molar-refractivity contribution in [2.24, 2.45) is 0 Å². The van der Waals surface area contributed by atoms with Gasteiger partial charge in [-0.2, -0.15) is 4.98 Å². The van der Waals surface area contributed by atoms with E-state index >= 15 is 0 Å². The minimum absolute atomic E-state index is 0.444. The van der Waals surface area contributed by atoms with Gasteiger partial charge in [0.05, 0.1) is 24.7 Å². The minimum atomic E-state index is 0.444. The van der Waals surface area contributed by atoms with Crippen LogP contribution in [0, 0.1) is 0 Å². The molecule has 2 fully saturated rings. The van der Waals surface area contributed by atoms with E-state index in [4.69, 9.17) is 16.3 Å². The molecule has 40 heavy (non-hydrogen) atoms. The van der Waals surface area contributed by atoms with Crippen molar-refractivity contribution in [2.75, 3.05) is 69.0 Å². The minimum Gasteiger partial charge on any atom is -0.494 e. The summed E-state index contributed by atoms with van der Waals surface area (Å²) in [6, 6.07) is 11.3. The van der Waals surface area contributed by atoms with Crippen LogP contribution in [0.3, 0.4) is 0 Å². The average molecular weight is 627 g/mol. The average Bonchev–Trinajstić information content (AvgIpc) is 3.44. The molecule has 0 atom stereocenters. The lowest BCUT2D eigenvalue weighted by Gasteiger charge is -2.42. The number of anilines is 5. The van der Waals surface area contributed by atoms with E-state index in [1.165, 1.54) is 56.6 Å². The highest BCUT2D eigenvalue weighted by atomic mass is 79.9. The first-order valence-electron chi connectivity index (χ1n) is 14.2. The summed E-state index contributed by atoms with van der Waals surface area (Å²) in [4.78, 5) is 16.7. The summed E-state index contributed by atoms with van der Waals surface area (Å²) in [5.74, 6) is 1.75. The molecule has 0 radical (unpaired) electrons. The van der Waals surface area contributed by atoms with E-state index in [2.05, 4.69) is 82.5 Å². The van der Waals surface area contributed by atoms with Crippen LogP contribution >= 0.6 is 27.5 Å². The molecule has 10 heteroatoms. The van der Waals surface area contributed by atoms with E-state index < -0.39 is 0 Å². The molecule has 1 aliphatic carbocycles. The molecule has 2 N–H and O–H groups in total. The number of hydrogen-bond acceptors (Lipinski definition) is 8. The molecule has 212 valence electrons. The van der Waals surface area contributed by atoms with Gasteiger partial charge < -0.3 is 25.2 Å². The summed E-state index contributed by atoms with van der Waals surface area (Å²) in [5.41, 5.74) is 5.74. The first-order valence-corrected chi connectivity index (χ1v) is 15.4. The molecule has 8 nitrogen and oxygen atoms in total. The maximum Gasteiger partial charge on any atom is 0.229 e. The van der Waals surface area contributed by atoms with Gasteiger partial charge in [0.15, 0.2) is 5.82 Å². The summed E-state index contributed by atoms with van der Waals surface area (Å²) in [7, 11) is 3.91. The lowest BCUT2D eigenvalue weighted by Crippen LogP contribution is -2.52. The molecule has 0 saturated carbocycles. The number of piperazine rings is 1. The smallest absolute Gasteiger partial charge is 0.229 e. The number of piperidine rings is 1. The fourth-order valence-electron chi connectivity index (χ4n) is 6.13. The van der Waals surface area contributed by atoms with E-state index in [0.29, 0.717) is 22.8 Å². The van der Waals surface area contributed by atoms with E-state index in [0.717, 1.165) is 53.2 Å². The molecule has 2 aromatic carbocycles. The molecular formula is C30H37BrClN7O. The normalized spacial score (nSPS) is 18.6. The third kappa shape index (κ3) is 6.03. The van der Waals surface area contributed by atoms with E-state index in [1.807, 2.05) is 6.07 Å². The number of halogens is 2. The van der Waals surface area contributed by atoms with Gasteiger partial charge in [0.2, 0.25) is 5.95 Å². The zero-order valence-corrected chi connectivity index (χ0v) is 25.6. The summed E-state index contributed by atoms with van der Waals surface area (Å²) < 4.78 is 6.82. The van der Waals surface area contributed by atoms with E-state index in [1.54, 1.807) is 13.3 Å². The Morgan fingerprint density at radius 1 is 0.975 bits per heavy atom. The van der Waals surface area contributed by atoms with E-state index in [-0.39, 0.29) is 0 Å². The number of methoxy groups -OCH3 is 1.